The lowest BCUT2D eigenvalue weighted by molar-refractivity contribution is -0.119. The van der Waals surface area contributed by atoms with Gasteiger partial charge in [-0.25, -0.2) is 8.42 Å². The van der Waals surface area contributed by atoms with E-state index in [0.29, 0.717) is 19.4 Å². The summed E-state index contributed by atoms with van der Waals surface area (Å²) in [4.78, 5) is 12.9. The van der Waals surface area contributed by atoms with Crippen LogP contribution < -0.4 is 5.32 Å². The van der Waals surface area contributed by atoms with Gasteiger partial charge < -0.3 is 5.32 Å². The molecule has 0 saturated carbocycles. The van der Waals surface area contributed by atoms with Gasteiger partial charge in [0.05, 0.1) is 0 Å². The number of benzene rings is 1. The number of carbonyl (C=O) groups excluding carboxylic acids is 1. The molecule has 0 aliphatic carbocycles. The Kier molecular flexibility index (Phi) is 5.23. The van der Waals surface area contributed by atoms with Crippen molar-refractivity contribution >= 4 is 33.0 Å². The lowest BCUT2D eigenvalue weighted by Crippen LogP contribution is -2.43. The molecule has 2 heterocycles. The van der Waals surface area contributed by atoms with E-state index in [-0.39, 0.29) is 15.5 Å². The number of para-hydroxylation sites is 1. The summed E-state index contributed by atoms with van der Waals surface area (Å²) >= 11 is 1.18. The van der Waals surface area contributed by atoms with Crippen molar-refractivity contribution in [2.45, 2.75) is 49.3 Å². The minimum atomic E-state index is -3.63. The molecule has 1 atom stereocenters. The van der Waals surface area contributed by atoms with Crippen LogP contribution in [-0.4, -0.2) is 31.2 Å². The van der Waals surface area contributed by atoms with Crippen molar-refractivity contribution in [3.05, 3.63) is 47.3 Å². The molecule has 0 radical (unpaired) electrons. The lowest BCUT2D eigenvalue weighted by Gasteiger charge is -2.26. The summed E-state index contributed by atoms with van der Waals surface area (Å²) in [6.45, 7) is 6.63. The van der Waals surface area contributed by atoms with Gasteiger partial charge in [-0.05, 0) is 41.3 Å². The zero-order valence-electron chi connectivity index (χ0n) is 15.2. The van der Waals surface area contributed by atoms with Gasteiger partial charge in [-0.15, -0.1) is 11.3 Å². The topological polar surface area (TPSA) is 66.5 Å². The van der Waals surface area contributed by atoms with E-state index >= 15 is 0 Å². The van der Waals surface area contributed by atoms with Gasteiger partial charge in [0.25, 0.3) is 10.0 Å². The Morgan fingerprint density at radius 2 is 1.92 bits per heavy atom. The molecule has 1 amide bonds. The predicted octanol–water partition coefficient (Wildman–Crippen LogP) is 3.84. The first-order chi connectivity index (χ1) is 12.2. The Bertz CT molecular complexity index is 884. The van der Waals surface area contributed by atoms with Crippen LogP contribution in [0.4, 0.5) is 5.69 Å². The fourth-order valence-corrected chi connectivity index (χ4v) is 6.05. The molecule has 0 spiro atoms. The smallest absolute Gasteiger partial charge is 0.253 e. The number of nitrogens with zero attached hydrogens (tertiary/aromatic N) is 1. The number of sulfonamides is 1. The molecule has 140 valence electrons. The maximum Gasteiger partial charge on any atom is 0.253 e. The zero-order chi connectivity index (χ0) is 18.9. The highest BCUT2D eigenvalue weighted by molar-refractivity contribution is 7.91. The third-order valence-electron chi connectivity index (χ3n) is 4.56. The zero-order valence-corrected chi connectivity index (χ0v) is 16.9. The molecular formula is C19H24N2O3S2. The SMILES string of the molecule is CC(C)(C)c1ccccc1NC(=O)C1CCCN1S(=O)(=O)c1cccs1. The van der Waals surface area contributed by atoms with Gasteiger partial charge in [0, 0.05) is 12.2 Å². The molecule has 1 aromatic heterocycles. The molecule has 2 aromatic rings. The van der Waals surface area contributed by atoms with Gasteiger partial charge in [0.15, 0.2) is 0 Å². The predicted molar refractivity (Wildman–Crippen MR) is 105 cm³/mol. The Hall–Kier alpha value is -1.70. The van der Waals surface area contributed by atoms with Crippen molar-refractivity contribution in [1.82, 2.24) is 4.31 Å². The first kappa shape index (κ1) is 19.1. The summed E-state index contributed by atoms with van der Waals surface area (Å²) in [7, 11) is -3.63. The average Bonchev–Trinajstić information content (AvgIpc) is 3.26. The highest BCUT2D eigenvalue weighted by atomic mass is 32.2. The number of thiophene rings is 1. The second-order valence-electron chi connectivity index (χ2n) is 7.49. The largest absolute Gasteiger partial charge is 0.324 e. The van der Waals surface area contributed by atoms with Crippen LogP contribution in [0.15, 0.2) is 46.0 Å². The van der Waals surface area contributed by atoms with Crippen LogP contribution in [0.1, 0.15) is 39.2 Å². The minimum Gasteiger partial charge on any atom is -0.324 e. The number of hydrogen-bond acceptors (Lipinski definition) is 4. The molecule has 1 unspecified atom stereocenters. The van der Waals surface area contributed by atoms with Crippen LogP contribution in [0.2, 0.25) is 0 Å². The second-order valence-corrected chi connectivity index (χ2v) is 10.6. The molecule has 1 saturated heterocycles. The minimum absolute atomic E-state index is 0.123. The van der Waals surface area contributed by atoms with Crippen molar-refractivity contribution in [3.63, 3.8) is 0 Å². The monoisotopic (exact) mass is 392 g/mol. The van der Waals surface area contributed by atoms with Crippen molar-refractivity contribution in [2.24, 2.45) is 0 Å². The van der Waals surface area contributed by atoms with Crippen LogP contribution in [0.3, 0.4) is 0 Å². The molecule has 1 N–H and O–H groups in total. The first-order valence-corrected chi connectivity index (χ1v) is 11.0. The average molecular weight is 393 g/mol. The molecule has 3 rings (SSSR count). The Morgan fingerprint density at radius 1 is 1.19 bits per heavy atom. The summed E-state index contributed by atoms with van der Waals surface area (Å²) in [5, 5.41) is 4.70. The number of nitrogens with one attached hydrogen (secondary N) is 1. The second kappa shape index (κ2) is 7.13. The van der Waals surface area contributed by atoms with Gasteiger partial charge in [0.2, 0.25) is 5.91 Å². The van der Waals surface area contributed by atoms with Crippen LogP contribution in [-0.2, 0) is 20.2 Å². The van der Waals surface area contributed by atoms with Gasteiger partial charge >= 0.3 is 0 Å². The maximum absolute atomic E-state index is 12.9. The first-order valence-electron chi connectivity index (χ1n) is 8.67. The fourth-order valence-electron chi connectivity index (χ4n) is 3.28. The van der Waals surface area contributed by atoms with Crippen LogP contribution in [0.25, 0.3) is 0 Å². The molecular weight excluding hydrogens is 368 g/mol. The van der Waals surface area contributed by atoms with E-state index in [9.17, 15) is 13.2 Å². The van der Waals surface area contributed by atoms with E-state index in [1.807, 2.05) is 24.3 Å². The third-order valence-corrected chi connectivity index (χ3v) is 7.84. The van der Waals surface area contributed by atoms with Crippen LogP contribution in [0.5, 0.6) is 0 Å². The molecule has 1 aromatic carbocycles. The third kappa shape index (κ3) is 3.70. The van der Waals surface area contributed by atoms with E-state index in [2.05, 4.69) is 26.1 Å². The standard InChI is InChI=1S/C19H24N2O3S2/c1-19(2,3)14-8-4-5-9-15(14)20-18(22)16-10-6-12-21(16)26(23,24)17-11-7-13-25-17/h4-5,7-9,11,13,16H,6,10,12H2,1-3H3,(H,20,22). The Balaban J connectivity index is 1.85. The van der Waals surface area contributed by atoms with Gasteiger partial charge in [0.1, 0.15) is 10.3 Å². The van der Waals surface area contributed by atoms with E-state index in [1.165, 1.54) is 15.6 Å². The molecule has 5 nitrogen and oxygen atoms in total. The van der Waals surface area contributed by atoms with Gasteiger partial charge in [-0.3, -0.25) is 4.79 Å². The summed E-state index contributed by atoms with van der Waals surface area (Å²) < 4.78 is 27.3. The van der Waals surface area contributed by atoms with E-state index < -0.39 is 16.1 Å². The van der Waals surface area contributed by atoms with E-state index in [4.69, 9.17) is 0 Å². The summed E-state index contributed by atoms with van der Waals surface area (Å²) in [6, 6.07) is 10.3. The summed E-state index contributed by atoms with van der Waals surface area (Å²) in [6.07, 6.45) is 1.22. The quantitative estimate of drug-likeness (QED) is 0.860. The van der Waals surface area contributed by atoms with Crippen molar-refractivity contribution in [1.29, 1.82) is 0 Å². The normalized spacial score (nSPS) is 18.8. The summed E-state index contributed by atoms with van der Waals surface area (Å²) in [5.41, 5.74) is 1.65. The lowest BCUT2D eigenvalue weighted by atomic mass is 9.86. The number of carbonyl (C=O) groups is 1. The summed E-state index contributed by atoms with van der Waals surface area (Å²) in [5.74, 6) is -0.265. The molecule has 1 fully saturated rings. The van der Waals surface area contributed by atoms with Gasteiger partial charge in [-0.2, -0.15) is 4.31 Å². The molecule has 26 heavy (non-hydrogen) atoms. The van der Waals surface area contributed by atoms with E-state index in [1.54, 1.807) is 17.5 Å². The van der Waals surface area contributed by atoms with Crippen LogP contribution >= 0.6 is 11.3 Å². The van der Waals surface area contributed by atoms with Gasteiger partial charge in [-0.1, -0.05) is 45.0 Å². The number of hydrogen-bond donors (Lipinski definition) is 1. The number of rotatable bonds is 4. The van der Waals surface area contributed by atoms with Crippen LogP contribution in [0, 0.1) is 0 Å². The maximum atomic E-state index is 12.9. The fraction of sp³-hybridized carbons (Fsp3) is 0.421. The highest BCUT2D eigenvalue weighted by Crippen LogP contribution is 2.32. The highest BCUT2D eigenvalue weighted by Gasteiger charge is 2.40. The molecule has 0 bridgehead atoms. The van der Waals surface area contributed by atoms with E-state index in [0.717, 1.165) is 11.3 Å². The van der Waals surface area contributed by atoms with Crippen molar-refractivity contribution in [2.75, 3.05) is 11.9 Å². The Labute approximate surface area is 159 Å². The molecule has 7 heteroatoms. The molecule has 1 aliphatic rings. The number of amides is 1. The molecule has 1 aliphatic heterocycles. The number of anilines is 1. The van der Waals surface area contributed by atoms with Crippen molar-refractivity contribution in [3.8, 4) is 0 Å². The van der Waals surface area contributed by atoms with Crippen molar-refractivity contribution < 1.29 is 13.2 Å². The Morgan fingerprint density at radius 3 is 2.58 bits per heavy atom.